The van der Waals surface area contributed by atoms with Crippen LogP contribution >= 0.6 is 24.2 Å². The van der Waals surface area contributed by atoms with Crippen LogP contribution in [0.5, 0.6) is 0 Å². The molecule has 3 heteroatoms. The minimum atomic E-state index is 0.591. The predicted molar refractivity (Wildman–Crippen MR) is 59.6 cm³/mol. The maximum Gasteiger partial charge on any atom is 0.0731 e. The van der Waals surface area contributed by atoms with Crippen molar-refractivity contribution in [2.24, 2.45) is 0 Å². The molecule has 0 saturated carbocycles. The van der Waals surface area contributed by atoms with Crippen molar-refractivity contribution >= 4 is 24.2 Å². The van der Waals surface area contributed by atoms with Crippen molar-refractivity contribution in [3.05, 3.63) is 34.9 Å². The van der Waals surface area contributed by atoms with Gasteiger partial charge in [-0.05, 0) is 23.8 Å². The van der Waals surface area contributed by atoms with Gasteiger partial charge in [0, 0.05) is 11.6 Å². The summed E-state index contributed by atoms with van der Waals surface area (Å²) in [5.41, 5.74) is 1.04. The van der Waals surface area contributed by atoms with E-state index in [1.54, 1.807) is 0 Å². The first-order valence-corrected chi connectivity index (χ1v) is 5.27. The summed E-state index contributed by atoms with van der Waals surface area (Å²) in [6.07, 6.45) is 0.980. The van der Waals surface area contributed by atoms with Gasteiger partial charge >= 0.3 is 0 Å². The molecule has 13 heavy (non-hydrogen) atoms. The lowest BCUT2D eigenvalue weighted by atomic mass is 10.2. The molecule has 0 N–H and O–H groups in total. The lowest BCUT2D eigenvalue weighted by molar-refractivity contribution is 0.122. The average Bonchev–Trinajstić information content (AvgIpc) is 2.15. The van der Waals surface area contributed by atoms with Crippen molar-refractivity contribution in [2.45, 2.75) is 13.0 Å². The third kappa shape index (κ3) is 4.03. The van der Waals surface area contributed by atoms with Crippen LogP contribution in [0.4, 0.5) is 0 Å². The van der Waals surface area contributed by atoms with Crippen LogP contribution in [0.1, 0.15) is 12.0 Å². The molecule has 72 valence electrons. The Balaban J connectivity index is 2.32. The lowest BCUT2D eigenvalue weighted by Gasteiger charge is -2.04. The van der Waals surface area contributed by atoms with Crippen LogP contribution in [0.15, 0.2) is 24.3 Å². The van der Waals surface area contributed by atoms with E-state index in [1.807, 2.05) is 24.3 Å². The molecule has 0 radical (unpaired) electrons. The summed E-state index contributed by atoms with van der Waals surface area (Å²) >= 11 is 10.0. The summed E-state index contributed by atoms with van der Waals surface area (Å²) in [5, 5.41) is 0.772. The zero-order chi connectivity index (χ0) is 9.52. The number of hydrogen-bond acceptors (Lipinski definition) is 2. The summed E-state index contributed by atoms with van der Waals surface area (Å²) < 4.78 is 5.41. The number of benzene rings is 1. The molecule has 0 spiro atoms. The topological polar surface area (TPSA) is 9.23 Å². The van der Waals surface area contributed by atoms with Gasteiger partial charge in [0.15, 0.2) is 0 Å². The smallest absolute Gasteiger partial charge is 0.0731 e. The van der Waals surface area contributed by atoms with Crippen molar-refractivity contribution in [3.8, 4) is 0 Å². The molecule has 0 aromatic heterocycles. The monoisotopic (exact) mass is 216 g/mol. The highest BCUT2D eigenvalue weighted by Gasteiger charge is 1.97. The highest BCUT2D eigenvalue weighted by Crippen LogP contribution is 2.15. The van der Waals surface area contributed by atoms with Crippen molar-refractivity contribution in [1.82, 2.24) is 0 Å². The minimum absolute atomic E-state index is 0.591. The van der Waals surface area contributed by atoms with Crippen molar-refractivity contribution in [1.29, 1.82) is 0 Å². The normalized spacial score (nSPS) is 10.3. The molecule has 0 bridgehead atoms. The predicted octanol–water partition coefficient (Wildman–Crippen LogP) is 3.18. The lowest BCUT2D eigenvalue weighted by Crippen LogP contribution is -1.96. The molecule has 0 fully saturated rings. The van der Waals surface area contributed by atoms with Crippen molar-refractivity contribution in [3.63, 3.8) is 0 Å². The van der Waals surface area contributed by atoms with Gasteiger partial charge in [-0.25, -0.2) is 0 Å². The zero-order valence-corrected chi connectivity index (χ0v) is 9.02. The fourth-order valence-corrected chi connectivity index (χ4v) is 1.28. The third-order valence-corrected chi connectivity index (χ3v) is 2.35. The van der Waals surface area contributed by atoms with Gasteiger partial charge in [-0.15, -0.1) is 0 Å². The van der Waals surface area contributed by atoms with Gasteiger partial charge in [0.2, 0.25) is 0 Å². The molecule has 1 aromatic rings. The van der Waals surface area contributed by atoms with E-state index in [4.69, 9.17) is 16.3 Å². The van der Waals surface area contributed by atoms with Crippen molar-refractivity contribution in [2.75, 3.05) is 12.4 Å². The number of ether oxygens (including phenoxy) is 1. The SMILES string of the molecule is SCCCOCc1ccccc1Cl. The molecular weight excluding hydrogens is 204 g/mol. The Bertz CT molecular complexity index is 252. The average molecular weight is 217 g/mol. The van der Waals surface area contributed by atoms with Gasteiger partial charge in [-0.2, -0.15) is 12.6 Å². The van der Waals surface area contributed by atoms with Gasteiger partial charge in [-0.1, -0.05) is 29.8 Å². The van der Waals surface area contributed by atoms with Gasteiger partial charge < -0.3 is 4.74 Å². The molecular formula is C10H13ClOS. The standard InChI is InChI=1S/C10H13ClOS/c11-10-5-2-1-4-9(10)8-12-6-3-7-13/h1-2,4-5,13H,3,6-8H2. The van der Waals surface area contributed by atoms with Crippen LogP contribution in [0.25, 0.3) is 0 Å². The number of rotatable bonds is 5. The van der Waals surface area contributed by atoms with Crippen molar-refractivity contribution < 1.29 is 4.74 Å². The maximum absolute atomic E-state index is 5.94. The Morgan fingerprint density at radius 1 is 1.31 bits per heavy atom. The van der Waals surface area contributed by atoms with E-state index in [0.717, 1.165) is 29.4 Å². The Morgan fingerprint density at radius 2 is 2.08 bits per heavy atom. The number of thiol groups is 1. The quantitative estimate of drug-likeness (QED) is 0.588. The summed E-state index contributed by atoms with van der Waals surface area (Å²) in [5.74, 6) is 0.864. The van der Waals surface area contributed by atoms with Crippen LogP contribution < -0.4 is 0 Å². The first-order chi connectivity index (χ1) is 6.34. The van der Waals surface area contributed by atoms with E-state index >= 15 is 0 Å². The fraction of sp³-hybridized carbons (Fsp3) is 0.400. The first-order valence-electron chi connectivity index (χ1n) is 4.26. The highest BCUT2D eigenvalue weighted by atomic mass is 35.5. The van der Waals surface area contributed by atoms with Crippen LogP contribution in [0, 0.1) is 0 Å². The van der Waals surface area contributed by atoms with E-state index in [0.29, 0.717) is 6.61 Å². The van der Waals surface area contributed by atoms with Crippen LogP contribution in [-0.4, -0.2) is 12.4 Å². The second-order valence-corrected chi connectivity index (χ2v) is 3.58. The Hall–Kier alpha value is -0.180. The van der Waals surface area contributed by atoms with E-state index in [9.17, 15) is 0 Å². The van der Waals surface area contributed by atoms with Crippen LogP contribution in [0.2, 0.25) is 5.02 Å². The molecule has 0 aliphatic heterocycles. The molecule has 0 unspecified atom stereocenters. The van der Waals surface area contributed by atoms with E-state index in [-0.39, 0.29) is 0 Å². The molecule has 0 aliphatic carbocycles. The number of hydrogen-bond donors (Lipinski definition) is 1. The Kier molecular flexibility index (Phi) is 5.28. The fourth-order valence-electron chi connectivity index (χ4n) is 0.964. The summed E-state index contributed by atoms with van der Waals surface area (Å²) in [6, 6.07) is 7.73. The maximum atomic E-state index is 5.94. The number of halogens is 1. The van der Waals surface area contributed by atoms with Gasteiger partial charge in [-0.3, -0.25) is 0 Å². The molecule has 0 atom stereocenters. The van der Waals surface area contributed by atoms with Gasteiger partial charge in [0.05, 0.1) is 6.61 Å². The van der Waals surface area contributed by atoms with E-state index in [2.05, 4.69) is 12.6 Å². The van der Waals surface area contributed by atoms with Crippen LogP contribution in [0.3, 0.4) is 0 Å². The molecule has 0 heterocycles. The molecule has 0 amide bonds. The van der Waals surface area contributed by atoms with Gasteiger partial charge in [0.1, 0.15) is 0 Å². The van der Waals surface area contributed by atoms with Gasteiger partial charge in [0.25, 0.3) is 0 Å². The second kappa shape index (κ2) is 6.30. The molecule has 0 aliphatic rings. The van der Waals surface area contributed by atoms with Crippen LogP contribution in [-0.2, 0) is 11.3 Å². The first kappa shape index (κ1) is 10.9. The summed E-state index contributed by atoms with van der Waals surface area (Å²) in [6.45, 7) is 1.34. The molecule has 1 aromatic carbocycles. The Morgan fingerprint density at radius 3 is 2.77 bits per heavy atom. The third-order valence-electron chi connectivity index (χ3n) is 1.66. The molecule has 0 saturated heterocycles. The molecule has 1 nitrogen and oxygen atoms in total. The zero-order valence-electron chi connectivity index (χ0n) is 7.37. The van der Waals surface area contributed by atoms with E-state index in [1.165, 1.54) is 0 Å². The summed E-state index contributed by atoms with van der Waals surface area (Å²) in [4.78, 5) is 0. The second-order valence-electron chi connectivity index (χ2n) is 2.72. The highest BCUT2D eigenvalue weighted by molar-refractivity contribution is 7.80. The Labute approximate surface area is 89.5 Å². The summed E-state index contributed by atoms with van der Waals surface area (Å²) in [7, 11) is 0. The molecule has 1 rings (SSSR count). The largest absolute Gasteiger partial charge is 0.377 e. The van der Waals surface area contributed by atoms with E-state index < -0.39 is 0 Å². The minimum Gasteiger partial charge on any atom is -0.377 e.